The first kappa shape index (κ1) is 25.5. The van der Waals surface area contributed by atoms with Gasteiger partial charge in [-0.15, -0.1) is 0 Å². The molecule has 3 rings (SSSR count). The van der Waals surface area contributed by atoms with Gasteiger partial charge in [-0.25, -0.2) is 0 Å². The van der Waals surface area contributed by atoms with E-state index in [4.69, 9.17) is 9.47 Å². The molecule has 1 fully saturated rings. The zero-order valence-electron chi connectivity index (χ0n) is 20.8. The molecule has 1 saturated heterocycles. The van der Waals surface area contributed by atoms with Crippen molar-refractivity contribution >= 4 is 17.4 Å². The van der Waals surface area contributed by atoms with Crippen molar-refractivity contribution in [3.63, 3.8) is 0 Å². The molecule has 1 aliphatic rings. The maximum absolute atomic E-state index is 13.1. The van der Waals surface area contributed by atoms with Crippen molar-refractivity contribution in [2.75, 3.05) is 26.9 Å². The fourth-order valence-corrected chi connectivity index (χ4v) is 4.14. The summed E-state index contributed by atoms with van der Waals surface area (Å²) in [5.41, 5.74) is 3.40. The standard InChI is InChI=1S/C28H35NO5/c1-6-20-8-10-21(11-9-20)25-24(27(31)28(32)29(25)14-7-15-33-5)26(30)22-12-13-23(19(4)16-22)34-17-18(2)3/h8-13,16,18,25,30H,6-7,14-15,17H2,1-5H3/t25-/m0/s1. The molecule has 6 nitrogen and oxygen atoms in total. The molecule has 2 aromatic carbocycles. The van der Waals surface area contributed by atoms with Gasteiger partial charge in [0.15, 0.2) is 0 Å². The maximum atomic E-state index is 13.1. The van der Waals surface area contributed by atoms with Crippen molar-refractivity contribution in [3.8, 4) is 5.75 Å². The highest BCUT2D eigenvalue weighted by Crippen LogP contribution is 2.40. The quantitative estimate of drug-likeness (QED) is 0.230. The molecule has 0 unspecified atom stereocenters. The van der Waals surface area contributed by atoms with Gasteiger partial charge in [0, 0.05) is 25.8 Å². The Bertz CT molecular complexity index is 1050. The van der Waals surface area contributed by atoms with Crippen LogP contribution < -0.4 is 4.74 Å². The maximum Gasteiger partial charge on any atom is 0.295 e. The number of Topliss-reactive ketones (excluding diaryl/α,β-unsaturated/α-hetero) is 1. The van der Waals surface area contributed by atoms with Gasteiger partial charge in [0.25, 0.3) is 11.7 Å². The highest BCUT2D eigenvalue weighted by atomic mass is 16.5. The van der Waals surface area contributed by atoms with Gasteiger partial charge in [0.2, 0.25) is 0 Å². The molecule has 1 atom stereocenters. The number of hydrogen-bond acceptors (Lipinski definition) is 5. The summed E-state index contributed by atoms with van der Waals surface area (Å²) in [6.45, 7) is 9.55. The topological polar surface area (TPSA) is 76.1 Å². The van der Waals surface area contributed by atoms with Crippen molar-refractivity contribution in [3.05, 3.63) is 70.3 Å². The summed E-state index contributed by atoms with van der Waals surface area (Å²) >= 11 is 0. The summed E-state index contributed by atoms with van der Waals surface area (Å²) in [5.74, 6) is -0.318. The number of amides is 1. The fourth-order valence-electron chi connectivity index (χ4n) is 4.14. The van der Waals surface area contributed by atoms with E-state index in [-0.39, 0.29) is 11.3 Å². The van der Waals surface area contributed by atoms with E-state index in [0.717, 1.165) is 28.9 Å². The molecule has 1 N–H and O–H groups in total. The van der Waals surface area contributed by atoms with Crippen LogP contribution in [0.15, 0.2) is 48.0 Å². The van der Waals surface area contributed by atoms with Crippen LogP contribution in [0, 0.1) is 12.8 Å². The Kier molecular flexibility index (Phi) is 8.51. The third-order valence-corrected chi connectivity index (χ3v) is 6.01. The van der Waals surface area contributed by atoms with Crippen molar-refractivity contribution in [2.24, 2.45) is 5.92 Å². The predicted octanol–water partition coefficient (Wildman–Crippen LogP) is 5.05. The van der Waals surface area contributed by atoms with Gasteiger partial charge in [0.05, 0.1) is 18.2 Å². The van der Waals surface area contributed by atoms with Crippen LogP contribution in [0.3, 0.4) is 0 Å². The van der Waals surface area contributed by atoms with Crippen LogP contribution in [-0.4, -0.2) is 48.6 Å². The Labute approximate surface area is 202 Å². The van der Waals surface area contributed by atoms with Crippen LogP contribution in [-0.2, 0) is 20.7 Å². The van der Waals surface area contributed by atoms with Gasteiger partial charge in [-0.3, -0.25) is 9.59 Å². The Morgan fingerprint density at radius 1 is 1.12 bits per heavy atom. The van der Waals surface area contributed by atoms with Crippen molar-refractivity contribution < 1.29 is 24.2 Å². The smallest absolute Gasteiger partial charge is 0.295 e. The van der Waals surface area contributed by atoms with E-state index in [1.54, 1.807) is 30.2 Å². The molecule has 6 heteroatoms. The van der Waals surface area contributed by atoms with Gasteiger partial charge in [-0.1, -0.05) is 45.0 Å². The molecular weight excluding hydrogens is 430 g/mol. The van der Waals surface area contributed by atoms with Crippen LogP contribution in [0.1, 0.15) is 55.5 Å². The van der Waals surface area contributed by atoms with E-state index in [9.17, 15) is 14.7 Å². The van der Waals surface area contributed by atoms with Gasteiger partial charge in [-0.05, 0) is 60.6 Å². The highest BCUT2D eigenvalue weighted by molar-refractivity contribution is 6.46. The van der Waals surface area contributed by atoms with E-state index in [0.29, 0.717) is 37.7 Å². The molecule has 34 heavy (non-hydrogen) atoms. The van der Waals surface area contributed by atoms with Gasteiger partial charge < -0.3 is 19.5 Å². The third-order valence-electron chi connectivity index (χ3n) is 6.01. The fraction of sp³-hybridized carbons (Fsp3) is 0.429. The summed E-state index contributed by atoms with van der Waals surface area (Å²) in [6, 6.07) is 12.5. The number of carbonyl (C=O) groups excluding carboxylic acids is 2. The summed E-state index contributed by atoms with van der Waals surface area (Å²) in [5, 5.41) is 11.3. The van der Waals surface area contributed by atoms with E-state index < -0.39 is 17.7 Å². The number of hydrogen-bond donors (Lipinski definition) is 1. The predicted molar refractivity (Wildman–Crippen MR) is 133 cm³/mol. The van der Waals surface area contributed by atoms with Crippen LogP contribution in [0.25, 0.3) is 5.76 Å². The molecule has 1 aliphatic heterocycles. The van der Waals surface area contributed by atoms with Gasteiger partial charge >= 0.3 is 0 Å². The van der Waals surface area contributed by atoms with Crippen LogP contribution in [0.2, 0.25) is 0 Å². The van der Waals surface area contributed by atoms with Gasteiger partial charge in [-0.2, -0.15) is 0 Å². The summed E-state index contributed by atoms with van der Waals surface area (Å²) in [4.78, 5) is 27.7. The molecule has 0 radical (unpaired) electrons. The average molecular weight is 466 g/mol. The van der Waals surface area contributed by atoms with E-state index in [1.165, 1.54) is 0 Å². The SMILES string of the molecule is CCc1ccc([C@H]2C(=C(O)c3ccc(OCC(C)C)c(C)c3)C(=O)C(=O)N2CCCOC)cc1. The van der Waals surface area contributed by atoms with Crippen LogP contribution in [0.5, 0.6) is 5.75 Å². The number of likely N-dealkylation sites (tertiary alicyclic amines) is 1. The first-order valence-corrected chi connectivity index (χ1v) is 11.9. The first-order chi connectivity index (χ1) is 16.3. The first-order valence-electron chi connectivity index (χ1n) is 11.9. The van der Waals surface area contributed by atoms with Crippen LogP contribution >= 0.6 is 0 Å². The Morgan fingerprint density at radius 3 is 2.41 bits per heavy atom. The third kappa shape index (κ3) is 5.50. The number of aryl methyl sites for hydroxylation is 2. The zero-order chi connectivity index (χ0) is 24.8. The Morgan fingerprint density at radius 2 is 1.82 bits per heavy atom. The minimum absolute atomic E-state index is 0.113. The average Bonchev–Trinajstić information content (AvgIpc) is 3.08. The Hall–Kier alpha value is -3.12. The monoisotopic (exact) mass is 465 g/mol. The lowest BCUT2D eigenvalue weighted by Gasteiger charge is -2.25. The number of carbonyl (C=O) groups is 2. The minimum atomic E-state index is -0.669. The number of rotatable bonds is 10. The number of methoxy groups -OCH3 is 1. The number of aliphatic hydroxyl groups excluding tert-OH is 1. The molecule has 182 valence electrons. The lowest BCUT2D eigenvalue weighted by molar-refractivity contribution is -0.140. The molecule has 0 aromatic heterocycles. The molecule has 1 heterocycles. The summed E-state index contributed by atoms with van der Waals surface area (Å²) in [7, 11) is 1.60. The van der Waals surface area contributed by atoms with Crippen LogP contribution in [0.4, 0.5) is 0 Å². The summed E-state index contributed by atoms with van der Waals surface area (Å²) in [6.07, 6.45) is 1.48. The second-order valence-corrected chi connectivity index (χ2v) is 9.12. The number of aliphatic hydroxyl groups is 1. The Balaban J connectivity index is 2.05. The molecular formula is C28H35NO5. The molecule has 2 aromatic rings. The minimum Gasteiger partial charge on any atom is -0.507 e. The normalized spacial score (nSPS) is 17.6. The summed E-state index contributed by atoms with van der Waals surface area (Å²) < 4.78 is 11.0. The van der Waals surface area contributed by atoms with E-state index >= 15 is 0 Å². The number of benzene rings is 2. The lowest BCUT2D eigenvalue weighted by atomic mass is 9.94. The number of ketones is 1. The molecule has 0 aliphatic carbocycles. The van der Waals surface area contributed by atoms with Crippen molar-refractivity contribution in [2.45, 2.75) is 46.6 Å². The second-order valence-electron chi connectivity index (χ2n) is 9.12. The molecule has 0 saturated carbocycles. The zero-order valence-corrected chi connectivity index (χ0v) is 20.8. The highest BCUT2D eigenvalue weighted by Gasteiger charge is 2.45. The molecule has 1 amide bonds. The second kappa shape index (κ2) is 11.3. The van der Waals surface area contributed by atoms with Crippen molar-refractivity contribution in [1.29, 1.82) is 0 Å². The molecule has 0 bridgehead atoms. The molecule has 0 spiro atoms. The van der Waals surface area contributed by atoms with Crippen molar-refractivity contribution in [1.82, 2.24) is 4.90 Å². The largest absolute Gasteiger partial charge is 0.507 e. The number of nitrogens with zero attached hydrogens (tertiary/aromatic N) is 1. The number of ether oxygens (including phenoxy) is 2. The van der Waals surface area contributed by atoms with E-state index in [2.05, 4.69) is 20.8 Å². The lowest BCUT2D eigenvalue weighted by Crippen LogP contribution is -2.31. The van der Waals surface area contributed by atoms with Gasteiger partial charge in [0.1, 0.15) is 11.5 Å². The van der Waals surface area contributed by atoms with E-state index in [1.807, 2.05) is 31.2 Å².